The van der Waals surface area contributed by atoms with E-state index >= 15 is 0 Å². The first-order chi connectivity index (χ1) is 8.29. The molecule has 1 amide bonds. The van der Waals surface area contributed by atoms with Gasteiger partial charge >= 0.3 is 0 Å². The van der Waals surface area contributed by atoms with E-state index < -0.39 is 0 Å². The molecule has 0 aromatic carbocycles. The van der Waals surface area contributed by atoms with Gasteiger partial charge in [0.2, 0.25) is 5.91 Å². The Morgan fingerprint density at radius 1 is 1.41 bits per heavy atom. The van der Waals surface area contributed by atoms with Crippen molar-refractivity contribution in [2.45, 2.75) is 45.1 Å². The molecule has 0 N–H and O–H groups in total. The topological polar surface area (TPSA) is 38.8 Å². The van der Waals surface area contributed by atoms with Crippen LogP contribution >= 0.6 is 0 Å². The minimum absolute atomic E-state index is 0.147. The monoisotopic (exact) mass is 243 g/mol. The molecule has 100 valence electrons. The van der Waals surface area contributed by atoms with Crippen molar-refractivity contribution < 1.29 is 14.3 Å². The molecule has 1 fully saturated rings. The molecule has 17 heavy (non-hydrogen) atoms. The van der Waals surface area contributed by atoms with Crippen molar-refractivity contribution in [2.24, 2.45) is 0 Å². The zero-order valence-electron chi connectivity index (χ0n) is 11.1. The highest BCUT2D eigenvalue weighted by molar-refractivity contribution is 5.77. The number of hydrogen-bond donors (Lipinski definition) is 0. The van der Waals surface area contributed by atoms with Gasteiger partial charge in [-0.3, -0.25) is 4.79 Å². The summed E-state index contributed by atoms with van der Waals surface area (Å²) in [6.07, 6.45) is 5.56. The lowest BCUT2D eigenvalue weighted by atomic mass is 9.98. The minimum atomic E-state index is 0.147. The quantitative estimate of drug-likeness (QED) is 0.640. The van der Waals surface area contributed by atoms with Crippen molar-refractivity contribution in [3.63, 3.8) is 0 Å². The van der Waals surface area contributed by atoms with E-state index in [1.807, 2.05) is 11.8 Å². The highest BCUT2D eigenvalue weighted by atomic mass is 16.5. The van der Waals surface area contributed by atoms with Crippen LogP contribution in [0, 0.1) is 0 Å². The summed E-state index contributed by atoms with van der Waals surface area (Å²) < 4.78 is 10.3. The first kappa shape index (κ1) is 14.5. The summed E-state index contributed by atoms with van der Waals surface area (Å²) in [5.41, 5.74) is 0. The van der Waals surface area contributed by atoms with Crippen LogP contribution in [0.2, 0.25) is 0 Å². The second kappa shape index (κ2) is 8.48. The van der Waals surface area contributed by atoms with Crippen molar-refractivity contribution in [1.29, 1.82) is 0 Å². The van der Waals surface area contributed by atoms with Gasteiger partial charge in [-0.15, -0.1) is 0 Å². The van der Waals surface area contributed by atoms with E-state index in [2.05, 4.69) is 0 Å². The van der Waals surface area contributed by atoms with Crippen LogP contribution in [0.1, 0.15) is 39.0 Å². The van der Waals surface area contributed by atoms with E-state index in [1.54, 1.807) is 7.11 Å². The van der Waals surface area contributed by atoms with Crippen molar-refractivity contribution in [1.82, 2.24) is 4.90 Å². The fourth-order valence-corrected chi connectivity index (χ4v) is 2.36. The number of likely N-dealkylation sites (tertiary alicyclic amines) is 1. The molecule has 1 unspecified atom stereocenters. The summed E-state index contributed by atoms with van der Waals surface area (Å²) in [6, 6.07) is 0.395. The largest absolute Gasteiger partial charge is 0.385 e. The zero-order valence-corrected chi connectivity index (χ0v) is 11.1. The SMILES string of the molecule is CCOCC(=O)N1CCCCC1CCCOC. The smallest absolute Gasteiger partial charge is 0.248 e. The van der Waals surface area contributed by atoms with Crippen molar-refractivity contribution >= 4 is 5.91 Å². The molecule has 0 saturated carbocycles. The predicted octanol–water partition coefficient (Wildman–Crippen LogP) is 1.83. The van der Waals surface area contributed by atoms with Gasteiger partial charge in [0.25, 0.3) is 0 Å². The Balaban J connectivity index is 2.38. The summed E-state index contributed by atoms with van der Waals surface area (Å²) in [5, 5.41) is 0. The minimum Gasteiger partial charge on any atom is -0.385 e. The number of amides is 1. The van der Waals surface area contributed by atoms with Gasteiger partial charge in [-0.25, -0.2) is 0 Å². The number of hydrogen-bond acceptors (Lipinski definition) is 3. The van der Waals surface area contributed by atoms with Gasteiger partial charge in [0.15, 0.2) is 0 Å². The molecule has 4 heteroatoms. The molecular weight excluding hydrogens is 218 g/mol. The summed E-state index contributed by atoms with van der Waals surface area (Å²) >= 11 is 0. The van der Waals surface area contributed by atoms with Gasteiger partial charge in [-0.2, -0.15) is 0 Å². The number of methoxy groups -OCH3 is 1. The molecule has 0 aromatic heterocycles. The van der Waals surface area contributed by atoms with E-state index in [1.165, 1.54) is 6.42 Å². The molecular formula is C13H25NO3. The molecule has 0 bridgehead atoms. The van der Waals surface area contributed by atoms with E-state index in [4.69, 9.17) is 9.47 Å². The van der Waals surface area contributed by atoms with Crippen LogP contribution in [0.15, 0.2) is 0 Å². The zero-order chi connectivity index (χ0) is 12.5. The molecule has 0 aromatic rings. The average Bonchev–Trinajstić information content (AvgIpc) is 2.37. The second-order valence-electron chi connectivity index (χ2n) is 4.51. The Bertz CT molecular complexity index is 221. The standard InChI is InChI=1S/C13H25NO3/c1-3-17-11-13(15)14-9-5-4-7-12(14)8-6-10-16-2/h12H,3-11H2,1-2H3. The van der Waals surface area contributed by atoms with E-state index in [9.17, 15) is 4.79 Å². The number of nitrogens with zero attached hydrogens (tertiary/aromatic N) is 1. The number of rotatable bonds is 7. The molecule has 0 aliphatic carbocycles. The highest BCUT2D eigenvalue weighted by Crippen LogP contribution is 2.21. The van der Waals surface area contributed by atoms with Crippen LogP contribution in [0.4, 0.5) is 0 Å². The van der Waals surface area contributed by atoms with Gasteiger partial charge in [0, 0.05) is 32.9 Å². The molecule has 0 spiro atoms. The van der Waals surface area contributed by atoms with Crippen LogP contribution in [0.3, 0.4) is 0 Å². The summed E-state index contributed by atoms with van der Waals surface area (Å²) in [6.45, 7) is 4.43. The fourth-order valence-electron chi connectivity index (χ4n) is 2.36. The number of ether oxygens (including phenoxy) is 2. The third-order valence-electron chi connectivity index (χ3n) is 3.26. The summed E-state index contributed by atoms with van der Waals surface area (Å²) in [7, 11) is 1.72. The molecule has 0 radical (unpaired) electrons. The second-order valence-corrected chi connectivity index (χ2v) is 4.51. The molecule has 1 aliphatic heterocycles. The fraction of sp³-hybridized carbons (Fsp3) is 0.923. The Hall–Kier alpha value is -0.610. The first-order valence-corrected chi connectivity index (χ1v) is 6.65. The molecule has 1 heterocycles. The molecule has 4 nitrogen and oxygen atoms in total. The molecule has 1 aliphatic rings. The molecule has 1 saturated heterocycles. The Labute approximate surface area is 104 Å². The third kappa shape index (κ3) is 5.04. The van der Waals surface area contributed by atoms with Gasteiger partial charge in [-0.1, -0.05) is 0 Å². The van der Waals surface area contributed by atoms with E-state index in [0.717, 1.165) is 38.8 Å². The highest BCUT2D eigenvalue weighted by Gasteiger charge is 2.25. The van der Waals surface area contributed by atoms with Crippen molar-refractivity contribution in [2.75, 3.05) is 33.5 Å². The normalized spacial score (nSPS) is 20.6. The number of carbonyl (C=O) groups excluding carboxylic acids is 1. The van der Waals surface area contributed by atoms with E-state index in [0.29, 0.717) is 12.6 Å². The van der Waals surface area contributed by atoms with Gasteiger partial charge in [-0.05, 0) is 39.0 Å². The molecule has 1 atom stereocenters. The summed E-state index contributed by atoms with van der Waals surface area (Å²) in [4.78, 5) is 14.0. The third-order valence-corrected chi connectivity index (χ3v) is 3.26. The summed E-state index contributed by atoms with van der Waals surface area (Å²) in [5.74, 6) is 0.147. The first-order valence-electron chi connectivity index (χ1n) is 6.65. The van der Waals surface area contributed by atoms with Gasteiger partial charge in [0.05, 0.1) is 0 Å². The lowest BCUT2D eigenvalue weighted by Gasteiger charge is -2.35. The maximum atomic E-state index is 12.0. The Morgan fingerprint density at radius 2 is 2.24 bits per heavy atom. The number of piperidine rings is 1. The Kier molecular flexibility index (Phi) is 7.21. The lowest BCUT2D eigenvalue weighted by molar-refractivity contribution is -0.139. The molecule has 1 rings (SSSR count). The maximum absolute atomic E-state index is 12.0. The van der Waals surface area contributed by atoms with Crippen molar-refractivity contribution in [3.05, 3.63) is 0 Å². The van der Waals surface area contributed by atoms with Crippen molar-refractivity contribution in [3.8, 4) is 0 Å². The average molecular weight is 243 g/mol. The Morgan fingerprint density at radius 3 is 2.94 bits per heavy atom. The van der Waals surface area contributed by atoms with Crippen LogP contribution in [-0.4, -0.2) is 50.3 Å². The van der Waals surface area contributed by atoms with Crippen LogP contribution in [0.25, 0.3) is 0 Å². The maximum Gasteiger partial charge on any atom is 0.248 e. The van der Waals surface area contributed by atoms with Gasteiger partial charge < -0.3 is 14.4 Å². The van der Waals surface area contributed by atoms with Crippen LogP contribution < -0.4 is 0 Å². The lowest BCUT2D eigenvalue weighted by Crippen LogP contribution is -2.45. The van der Waals surface area contributed by atoms with Gasteiger partial charge in [0.1, 0.15) is 6.61 Å². The predicted molar refractivity (Wildman–Crippen MR) is 67.0 cm³/mol. The van der Waals surface area contributed by atoms with E-state index in [-0.39, 0.29) is 12.5 Å². The van der Waals surface area contributed by atoms with Crippen LogP contribution in [-0.2, 0) is 14.3 Å². The number of carbonyl (C=O) groups is 1. The van der Waals surface area contributed by atoms with Crippen LogP contribution in [0.5, 0.6) is 0 Å².